The number of nitriles is 1. The Bertz CT molecular complexity index is 1190. The van der Waals surface area contributed by atoms with Crippen LogP contribution in [0.25, 0.3) is 10.9 Å². The molecule has 3 aromatic rings. The number of nitrogens with one attached hydrogen (secondary N) is 1. The summed E-state index contributed by atoms with van der Waals surface area (Å²) in [4.78, 5) is 31.0. The molecule has 2 aromatic carbocycles. The van der Waals surface area contributed by atoms with Crippen molar-refractivity contribution in [3.63, 3.8) is 0 Å². The van der Waals surface area contributed by atoms with Crippen molar-refractivity contribution in [3.8, 4) is 23.3 Å². The third-order valence-electron chi connectivity index (χ3n) is 5.76. The average Bonchev–Trinajstić information content (AvgIpc) is 3.13. The molecule has 0 saturated carbocycles. The van der Waals surface area contributed by atoms with Gasteiger partial charge in [0.2, 0.25) is 0 Å². The van der Waals surface area contributed by atoms with E-state index in [9.17, 15) is 14.9 Å². The third-order valence-corrected chi connectivity index (χ3v) is 5.76. The molecule has 0 bridgehead atoms. The minimum atomic E-state index is -0.595. The van der Waals surface area contributed by atoms with E-state index in [1.165, 1.54) is 0 Å². The molecule has 4 rings (SSSR count). The number of benzene rings is 2. The predicted molar refractivity (Wildman–Crippen MR) is 123 cm³/mol. The lowest BCUT2D eigenvalue weighted by molar-refractivity contribution is -0.142. The van der Waals surface area contributed by atoms with Crippen LogP contribution in [-0.4, -0.2) is 66.3 Å². The molecule has 0 spiro atoms. The van der Waals surface area contributed by atoms with Gasteiger partial charge in [0.05, 0.1) is 0 Å². The monoisotopic (exact) mass is 447 g/mol. The molecule has 1 saturated heterocycles. The standard InChI is InChI=1S/C24H25N5O4/c1-28-9-11-29(12-10-28)22(8-13-30)24(31)33-17-4-2-16(3-5-17)32-18-6-7-21-19(14-18)20(15-25)23(26)27-21/h2-7,13-14,22,27H,8-12,26H2,1H3. The molecule has 1 atom stereocenters. The summed E-state index contributed by atoms with van der Waals surface area (Å²) in [6, 6.07) is 13.5. The van der Waals surface area contributed by atoms with Crippen LogP contribution < -0.4 is 15.2 Å². The first-order valence-electron chi connectivity index (χ1n) is 10.7. The zero-order valence-electron chi connectivity index (χ0n) is 18.3. The van der Waals surface area contributed by atoms with Gasteiger partial charge in [-0.2, -0.15) is 5.26 Å². The fraction of sp³-hybridized carbons (Fsp3) is 0.292. The van der Waals surface area contributed by atoms with Crippen LogP contribution in [0.15, 0.2) is 42.5 Å². The molecule has 9 nitrogen and oxygen atoms in total. The van der Waals surface area contributed by atoms with E-state index in [2.05, 4.69) is 16.0 Å². The summed E-state index contributed by atoms with van der Waals surface area (Å²) in [6.07, 6.45) is 0.856. The summed E-state index contributed by atoms with van der Waals surface area (Å²) >= 11 is 0. The van der Waals surface area contributed by atoms with Crippen LogP contribution in [0.3, 0.4) is 0 Å². The molecular weight excluding hydrogens is 422 g/mol. The number of nitrogen functional groups attached to an aromatic ring is 1. The van der Waals surface area contributed by atoms with Crippen molar-refractivity contribution in [3.05, 3.63) is 48.0 Å². The van der Waals surface area contributed by atoms with Gasteiger partial charge >= 0.3 is 5.97 Å². The molecule has 1 aliphatic heterocycles. The molecule has 1 aromatic heterocycles. The first-order valence-corrected chi connectivity index (χ1v) is 10.7. The van der Waals surface area contributed by atoms with Crippen molar-refractivity contribution >= 4 is 29.0 Å². The van der Waals surface area contributed by atoms with Crippen LogP contribution in [0, 0.1) is 11.3 Å². The number of likely N-dealkylation sites (N-methyl/N-ethyl adjacent to an activating group) is 1. The quantitative estimate of drug-likeness (QED) is 0.322. The number of esters is 1. The SMILES string of the molecule is CN1CCN(C(CC=O)C(=O)Oc2ccc(Oc3ccc4[nH]c(N)c(C#N)c4c3)cc2)CC1. The highest BCUT2D eigenvalue weighted by molar-refractivity contribution is 5.92. The highest BCUT2D eigenvalue weighted by Crippen LogP contribution is 2.30. The minimum Gasteiger partial charge on any atom is -0.457 e. The summed E-state index contributed by atoms with van der Waals surface area (Å²) in [7, 11) is 2.03. The summed E-state index contributed by atoms with van der Waals surface area (Å²) in [5.41, 5.74) is 6.96. The number of nitrogens with zero attached hydrogens (tertiary/aromatic N) is 3. The van der Waals surface area contributed by atoms with Crippen molar-refractivity contribution in [2.24, 2.45) is 0 Å². The van der Waals surface area contributed by atoms with Crippen LogP contribution in [0.1, 0.15) is 12.0 Å². The Labute approximate surface area is 191 Å². The first-order chi connectivity index (χ1) is 16.0. The Morgan fingerprint density at radius 3 is 2.48 bits per heavy atom. The minimum absolute atomic E-state index is 0.0978. The first kappa shape index (κ1) is 22.3. The summed E-state index contributed by atoms with van der Waals surface area (Å²) < 4.78 is 11.4. The van der Waals surface area contributed by atoms with Gasteiger partial charge in [-0.1, -0.05) is 0 Å². The van der Waals surface area contributed by atoms with E-state index in [1.54, 1.807) is 42.5 Å². The maximum atomic E-state index is 12.7. The predicted octanol–water partition coefficient (Wildman–Crippen LogP) is 2.52. The number of nitrogens with two attached hydrogens (primary N) is 1. The van der Waals surface area contributed by atoms with Gasteiger partial charge in [-0.25, -0.2) is 4.79 Å². The highest BCUT2D eigenvalue weighted by atomic mass is 16.5. The molecule has 1 aliphatic rings. The molecule has 0 aliphatic carbocycles. The summed E-state index contributed by atoms with van der Waals surface area (Å²) in [5.74, 6) is 1.33. The van der Waals surface area contributed by atoms with Crippen molar-refractivity contribution in [1.29, 1.82) is 5.26 Å². The zero-order chi connectivity index (χ0) is 23.4. The van der Waals surface area contributed by atoms with Gasteiger partial charge < -0.3 is 29.9 Å². The Kier molecular flexibility index (Phi) is 6.58. The number of rotatable bonds is 7. The van der Waals surface area contributed by atoms with Gasteiger partial charge in [0.1, 0.15) is 47.0 Å². The number of anilines is 1. The number of carbonyl (C=O) groups excluding carboxylic acids is 2. The number of hydrogen-bond donors (Lipinski definition) is 2. The second kappa shape index (κ2) is 9.73. The molecule has 1 unspecified atom stereocenters. The fourth-order valence-electron chi connectivity index (χ4n) is 3.89. The second-order valence-electron chi connectivity index (χ2n) is 7.98. The van der Waals surface area contributed by atoms with Crippen LogP contribution in [-0.2, 0) is 9.59 Å². The van der Waals surface area contributed by atoms with Gasteiger partial charge in [0.25, 0.3) is 0 Å². The second-order valence-corrected chi connectivity index (χ2v) is 7.98. The lowest BCUT2D eigenvalue weighted by Crippen LogP contribution is -2.52. The van der Waals surface area contributed by atoms with Crippen LogP contribution in [0.5, 0.6) is 17.2 Å². The number of fused-ring (bicyclic) bond motifs is 1. The normalized spacial score (nSPS) is 15.6. The molecular formula is C24H25N5O4. The Morgan fingerprint density at radius 1 is 1.15 bits per heavy atom. The maximum Gasteiger partial charge on any atom is 0.329 e. The number of H-pyrrole nitrogens is 1. The third kappa shape index (κ3) is 4.98. The number of ether oxygens (including phenoxy) is 2. The van der Waals surface area contributed by atoms with Gasteiger partial charge in [-0.3, -0.25) is 4.90 Å². The van der Waals surface area contributed by atoms with Gasteiger partial charge in [-0.05, 0) is 49.5 Å². The molecule has 1 fully saturated rings. The van der Waals surface area contributed by atoms with Crippen molar-refractivity contribution in [2.75, 3.05) is 39.0 Å². The van der Waals surface area contributed by atoms with E-state index in [0.29, 0.717) is 47.1 Å². The van der Waals surface area contributed by atoms with E-state index in [1.807, 2.05) is 11.9 Å². The van der Waals surface area contributed by atoms with Crippen LogP contribution >= 0.6 is 0 Å². The molecule has 33 heavy (non-hydrogen) atoms. The van der Waals surface area contributed by atoms with Crippen LogP contribution in [0.4, 0.5) is 5.82 Å². The Morgan fingerprint density at radius 2 is 1.82 bits per heavy atom. The van der Waals surface area contributed by atoms with Gasteiger partial charge in [0, 0.05) is 43.5 Å². The smallest absolute Gasteiger partial charge is 0.329 e. The summed E-state index contributed by atoms with van der Waals surface area (Å²) in [5, 5.41) is 9.98. The van der Waals surface area contributed by atoms with E-state index in [0.717, 1.165) is 24.9 Å². The number of piperazine rings is 1. The molecule has 2 heterocycles. The Balaban J connectivity index is 1.42. The molecule has 0 amide bonds. The number of aromatic amines is 1. The molecule has 9 heteroatoms. The fourth-order valence-corrected chi connectivity index (χ4v) is 3.89. The lowest BCUT2D eigenvalue weighted by atomic mass is 10.1. The molecule has 170 valence electrons. The molecule has 0 radical (unpaired) electrons. The number of carbonyl (C=O) groups is 2. The molecule has 3 N–H and O–H groups in total. The highest BCUT2D eigenvalue weighted by Gasteiger charge is 2.29. The van der Waals surface area contributed by atoms with Crippen molar-refractivity contribution < 1.29 is 19.1 Å². The average molecular weight is 447 g/mol. The van der Waals surface area contributed by atoms with Gasteiger partial charge in [-0.15, -0.1) is 0 Å². The lowest BCUT2D eigenvalue weighted by Gasteiger charge is -2.36. The summed E-state index contributed by atoms with van der Waals surface area (Å²) in [6.45, 7) is 3.10. The van der Waals surface area contributed by atoms with E-state index in [-0.39, 0.29) is 6.42 Å². The topological polar surface area (TPSA) is 125 Å². The van der Waals surface area contributed by atoms with Crippen molar-refractivity contribution in [2.45, 2.75) is 12.5 Å². The number of aldehydes is 1. The van der Waals surface area contributed by atoms with E-state index in [4.69, 9.17) is 15.2 Å². The maximum absolute atomic E-state index is 12.7. The number of aromatic nitrogens is 1. The van der Waals surface area contributed by atoms with Crippen molar-refractivity contribution in [1.82, 2.24) is 14.8 Å². The Hall–Kier alpha value is -3.87. The van der Waals surface area contributed by atoms with Crippen LogP contribution in [0.2, 0.25) is 0 Å². The van der Waals surface area contributed by atoms with E-state index >= 15 is 0 Å². The number of hydrogen-bond acceptors (Lipinski definition) is 8. The largest absolute Gasteiger partial charge is 0.457 e. The zero-order valence-corrected chi connectivity index (χ0v) is 18.3. The van der Waals surface area contributed by atoms with E-state index < -0.39 is 12.0 Å². The van der Waals surface area contributed by atoms with Gasteiger partial charge in [0.15, 0.2) is 0 Å².